The summed E-state index contributed by atoms with van der Waals surface area (Å²) >= 11 is 0. The average Bonchev–Trinajstić information content (AvgIpc) is 3.52. The summed E-state index contributed by atoms with van der Waals surface area (Å²) in [7, 11) is 0. The number of rotatable bonds is 10. The van der Waals surface area contributed by atoms with E-state index < -0.39 is 17.5 Å². The number of aryl methyl sites for hydroxylation is 1. The van der Waals surface area contributed by atoms with Gasteiger partial charge in [-0.15, -0.1) is 0 Å². The smallest absolute Gasteiger partial charge is 0.362 e. The molecule has 39 heavy (non-hydrogen) atoms. The van der Waals surface area contributed by atoms with E-state index in [4.69, 9.17) is 23.9 Å². The van der Waals surface area contributed by atoms with E-state index in [0.29, 0.717) is 36.3 Å². The van der Waals surface area contributed by atoms with Crippen molar-refractivity contribution in [2.24, 2.45) is 5.92 Å². The van der Waals surface area contributed by atoms with Crippen molar-refractivity contribution in [3.63, 3.8) is 0 Å². The molecule has 0 saturated heterocycles. The van der Waals surface area contributed by atoms with E-state index in [2.05, 4.69) is 23.9 Å². The minimum absolute atomic E-state index is 0.121. The quantitative estimate of drug-likeness (QED) is 0.278. The molecule has 208 valence electrons. The molecule has 2 aromatic heterocycles. The van der Waals surface area contributed by atoms with Crippen molar-refractivity contribution in [1.29, 1.82) is 0 Å². The van der Waals surface area contributed by atoms with Crippen LogP contribution in [0.3, 0.4) is 0 Å². The first-order chi connectivity index (χ1) is 18.8. The van der Waals surface area contributed by atoms with Crippen molar-refractivity contribution < 1.29 is 28.5 Å². The van der Waals surface area contributed by atoms with Gasteiger partial charge in [-0.2, -0.15) is 5.10 Å². The molecule has 5 rings (SSSR count). The molecule has 1 fully saturated rings. The summed E-state index contributed by atoms with van der Waals surface area (Å²) in [6.07, 6.45) is 4.01. The van der Waals surface area contributed by atoms with Gasteiger partial charge >= 0.3 is 17.5 Å². The van der Waals surface area contributed by atoms with E-state index >= 15 is 0 Å². The summed E-state index contributed by atoms with van der Waals surface area (Å²) in [5.41, 5.74) is -0.393. The Balaban J connectivity index is 1.51. The van der Waals surface area contributed by atoms with Crippen LogP contribution in [0.2, 0.25) is 0 Å². The predicted molar refractivity (Wildman–Crippen MR) is 141 cm³/mol. The predicted octanol–water partition coefficient (Wildman–Crippen LogP) is 4.13. The monoisotopic (exact) mass is 537 g/mol. The molecule has 0 spiro atoms. The number of nitrogens with zero attached hydrogens (tertiary/aromatic N) is 5. The molecule has 2 aliphatic rings. The first kappa shape index (κ1) is 26.7. The molecular weight excluding hydrogens is 502 g/mol. The van der Waals surface area contributed by atoms with E-state index in [9.17, 15) is 9.59 Å². The molecule has 11 nitrogen and oxygen atoms in total. The highest BCUT2D eigenvalue weighted by Gasteiger charge is 2.54. The molecule has 1 aliphatic carbocycles. The Morgan fingerprint density at radius 2 is 1.82 bits per heavy atom. The largest absolute Gasteiger partial charge is 0.491 e. The number of fused-ring (bicyclic) bond motifs is 3. The van der Waals surface area contributed by atoms with Crippen molar-refractivity contribution in [2.45, 2.75) is 72.1 Å². The summed E-state index contributed by atoms with van der Waals surface area (Å²) in [6, 6.07) is 5.37. The van der Waals surface area contributed by atoms with Gasteiger partial charge in [0.05, 0.1) is 25.3 Å². The van der Waals surface area contributed by atoms with Crippen LogP contribution < -0.4 is 9.47 Å². The Morgan fingerprint density at radius 1 is 1.10 bits per heavy atom. The fourth-order valence-corrected chi connectivity index (χ4v) is 4.80. The van der Waals surface area contributed by atoms with Crippen molar-refractivity contribution in [3.8, 4) is 34.4 Å². The van der Waals surface area contributed by atoms with Gasteiger partial charge in [0.15, 0.2) is 5.82 Å². The molecule has 0 N–H and O–H groups in total. The lowest BCUT2D eigenvalue weighted by Crippen LogP contribution is -2.54. The van der Waals surface area contributed by atoms with Gasteiger partial charge < -0.3 is 23.5 Å². The number of carbonyl (C=O) groups is 2. The van der Waals surface area contributed by atoms with Gasteiger partial charge in [0.2, 0.25) is 0 Å². The standard InChI is InChI=1S/C28H35N5O6/c1-6-36-26(34)28(15-19-8-9-19,27(35)37-7-2)39-20-10-11-21-23(14-20)38-13-12-32-16-22(30-24(21)32)25-29-18(5)31-33(25)17(3)4/h10-11,14,16-17,19H,6-9,12-13,15H2,1-5H3. The minimum atomic E-state index is -1.88. The van der Waals surface area contributed by atoms with E-state index in [1.54, 1.807) is 26.0 Å². The zero-order valence-corrected chi connectivity index (χ0v) is 23.1. The maximum atomic E-state index is 13.2. The van der Waals surface area contributed by atoms with Gasteiger partial charge in [-0.1, -0.05) is 0 Å². The number of esters is 2. The van der Waals surface area contributed by atoms with Crippen LogP contribution in [0, 0.1) is 12.8 Å². The first-order valence-corrected chi connectivity index (χ1v) is 13.6. The Morgan fingerprint density at radius 3 is 2.46 bits per heavy atom. The molecule has 1 saturated carbocycles. The third-order valence-electron chi connectivity index (χ3n) is 6.79. The highest BCUT2D eigenvalue weighted by atomic mass is 16.6. The average molecular weight is 538 g/mol. The molecule has 0 radical (unpaired) electrons. The minimum Gasteiger partial charge on any atom is -0.491 e. The lowest BCUT2D eigenvalue weighted by Gasteiger charge is -2.30. The number of ether oxygens (including phenoxy) is 4. The van der Waals surface area contributed by atoms with Crippen LogP contribution in [-0.2, 0) is 25.6 Å². The molecule has 0 unspecified atom stereocenters. The molecular formula is C28H35N5O6. The molecule has 3 heterocycles. The molecule has 1 aliphatic heterocycles. The van der Waals surface area contributed by atoms with Gasteiger partial charge in [-0.05, 0) is 65.5 Å². The summed E-state index contributed by atoms with van der Waals surface area (Å²) in [4.78, 5) is 35.8. The molecule has 0 bridgehead atoms. The number of hydrogen-bond donors (Lipinski definition) is 0. The van der Waals surface area contributed by atoms with E-state index in [0.717, 1.165) is 29.9 Å². The van der Waals surface area contributed by atoms with Crippen molar-refractivity contribution in [2.75, 3.05) is 19.8 Å². The second-order valence-electron chi connectivity index (χ2n) is 10.2. The highest BCUT2D eigenvalue weighted by molar-refractivity contribution is 6.04. The summed E-state index contributed by atoms with van der Waals surface area (Å²) < 4.78 is 26.8. The maximum Gasteiger partial charge on any atom is 0.362 e. The van der Waals surface area contributed by atoms with Crippen LogP contribution in [0.4, 0.5) is 0 Å². The normalized spacial score (nSPS) is 14.7. The Hall–Kier alpha value is -3.89. The zero-order valence-electron chi connectivity index (χ0n) is 23.1. The summed E-state index contributed by atoms with van der Waals surface area (Å²) in [5.74, 6) is 1.68. The number of hydrogen-bond acceptors (Lipinski definition) is 9. The lowest BCUT2D eigenvalue weighted by atomic mass is 9.96. The molecule has 11 heteroatoms. The van der Waals surface area contributed by atoms with Crippen LogP contribution in [0.1, 0.15) is 58.8 Å². The number of carbonyl (C=O) groups excluding carboxylic acids is 2. The fourth-order valence-electron chi connectivity index (χ4n) is 4.80. The van der Waals surface area contributed by atoms with Crippen LogP contribution in [0.15, 0.2) is 24.4 Å². The lowest BCUT2D eigenvalue weighted by molar-refractivity contribution is -0.181. The van der Waals surface area contributed by atoms with E-state index in [1.165, 1.54) is 0 Å². The highest BCUT2D eigenvalue weighted by Crippen LogP contribution is 2.42. The van der Waals surface area contributed by atoms with Crippen molar-refractivity contribution in [3.05, 3.63) is 30.2 Å². The van der Waals surface area contributed by atoms with Gasteiger partial charge in [-0.25, -0.2) is 24.2 Å². The number of benzene rings is 1. The maximum absolute atomic E-state index is 13.2. The Bertz CT molecular complexity index is 1350. The number of imidazole rings is 1. The summed E-state index contributed by atoms with van der Waals surface area (Å²) in [5, 5.41) is 4.52. The van der Waals surface area contributed by atoms with Crippen LogP contribution >= 0.6 is 0 Å². The third-order valence-corrected chi connectivity index (χ3v) is 6.79. The SMILES string of the molecule is CCOC(=O)C(CC1CC1)(Oc1ccc2c(c1)OCCn1cc(-c3nc(C)nn3C(C)C)nc1-2)C(=O)OCC. The second kappa shape index (κ2) is 10.7. The Labute approximate surface area is 227 Å². The van der Waals surface area contributed by atoms with Gasteiger partial charge in [-0.3, -0.25) is 0 Å². The number of aromatic nitrogens is 5. The second-order valence-corrected chi connectivity index (χ2v) is 10.2. The topological polar surface area (TPSA) is 120 Å². The molecule has 0 atom stereocenters. The summed E-state index contributed by atoms with van der Waals surface area (Å²) in [6.45, 7) is 10.6. The van der Waals surface area contributed by atoms with Crippen molar-refractivity contribution >= 4 is 11.9 Å². The van der Waals surface area contributed by atoms with Crippen LogP contribution in [0.25, 0.3) is 22.9 Å². The molecule has 3 aromatic rings. The van der Waals surface area contributed by atoms with E-state index in [-0.39, 0.29) is 31.6 Å². The van der Waals surface area contributed by atoms with E-state index in [1.807, 2.05) is 28.4 Å². The first-order valence-electron chi connectivity index (χ1n) is 13.6. The Kier molecular flexibility index (Phi) is 7.33. The van der Waals surface area contributed by atoms with Gasteiger partial charge in [0.1, 0.15) is 35.4 Å². The van der Waals surface area contributed by atoms with Gasteiger partial charge in [0, 0.05) is 24.7 Å². The third kappa shape index (κ3) is 5.22. The fraction of sp³-hybridized carbons (Fsp3) is 0.536. The zero-order chi connectivity index (χ0) is 27.7. The van der Waals surface area contributed by atoms with Crippen LogP contribution in [0.5, 0.6) is 11.5 Å². The van der Waals surface area contributed by atoms with Crippen molar-refractivity contribution in [1.82, 2.24) is 24.3 Å². The van der Waals surface area contributed by atoms with Crippen LogP contribution in [-0.4, -0.2) is 61.7 Å². The van der Waals surface area contributed by atoms with Gasteiger partial charge in [0.25, 0.3) is 0 Å². The molecule has 0 amide bonds. The molecule has 1 aromatic carbocycles.